The second kappa shape index (κ2) is 7.50. The average molecular weight is 376 g/mol. The maximum Gasteiger partial charge on any atom is 0.266 e. The maximum atomic E-state index is 13.2. The Morgan fingerprint density at radius 3 is 2.57 bits per heavy atom. The lowest BCUT2D eigenvalue weighted by molar-refractivity contribution is -0.119. The van der Waals surface area contributed by atoms with E-state index in [0.717, 1.165) is 48.0 Å². The van der Waals surface area contributed by atoms with E-state index in [-0.39, 0.29) is 17.7 Å². The third-order valence-corrected chi connectivity index (χ3v) is 5.52. The largest absolute Gasteiger partial charge is 0.496 e. The highest BCUT2D eigenvalue weighted by Gasteiger charge is 2.23. The van der Waals surface area contributed by atoms with Crippen molar-refractivity contribution in [2.75, 3.05) is 12.4 Å². The number of aromatic nitrogens is 1. The summed E-state index contributed by atoms with van der Waals surface area (Å²) in [5.74, 6) is 0.633. The highest BCUT2D eigenvalue weighted by atomic mass is 16.5. The molecule has 0 unspecified atom stereocenters. The zero-order valence-corrected chi connectivity index (χ0v) is 16.2. The van der Waals surface area contributed by atoms with E-state index in [9.17, 15) is 9.59 Å². The van der Waals surface area contributed by atoms with Gasteiger partial charge in [0.2, 0.25) is 5.91 Å². The summed E-state index contributed by atoms with van der Waals surface area (Å²) in [6.45, 7) is 1.91. The number of nitrogens with zero attached hydrogens (tertiary/aromatic N) is 1. The Balaban J connectivity index is 1.66. The fourth-order valence-corrected chi connectivity index (χ4v) is 4.07. The number of carbonyl (C=O) groups excluding carboxylic acids is 2. The van der Waals surface area contributed by atoms with Gasteiger partial charge in [0.05, 0.1) is 18.2 Å². The molecule has 1 N–H and O–H groups in total. The normalized spacial score (nSPS) is 14.4. The van der Waals surface area contributed by atoms with Gasteiger partial charge in [0.1, 0.15) is 5.75 Å². The van der Waals surface area contributed by atoms with Gasteiger partial charge >= 0.3 is 0 Å². The van der Waals surface area contributed by atoms with Crippen LogP contribution in [0.2, 0.25) is 0 Å². The van der Waals surface area contributed by atoms with Gasteiger partial charge in [-0.2, -0.15) is 0 Å². The molecule has 1 heterocycles. The summed E-state index contributed by atoms with van der Waals surface area (Å²) in [6, 6.07) is 14.9. The van der Waals surface area contributed by atoms with Crippen LogP contribution in [0.4, 0.5) is 5.69 Å². The van der Waals surface area contributed by atoms with E-state index >= 15 is 0 Å². The second-order valence-corrected chi connectivity index (χ2v) is 7.37. The molecule has 4 rings (SSSR count). The van der Waals surface area contributed by atoms with Gasteiger partial charge in [0, 0.05) is 22.7 Å². The lowest BCUT2D eigenvalue weighted by atomic mass is 10.1. The van der Waals surface area contributed by atoms with Crippen molar-refractivity contribution < 1.29 is 14.3 Å². The van der Waals surface area contributed by atoms with Crippen molar-refractivity contribution in [3.05, 3.63) is 59.8 Å². The van der Waals surface area contributed by atoms with Crippen LogP contribution in [0.1, 0.15) is 41.7 Å². The Morgan fingerprint density at radius 2 is 1.82 bits per heavy atom. The Hall–Kier alpha value is -3.08. The van der Waals surface area contributed by atoms with E-state index < -0.39 is 0 Å². The van der Waals surface area contributed by atoms with Crippen molar-refractivity contribution in [2.45, 2.75) is 32.6 Å². The van der Waals surface area contributed by atoms with E-state index in [1.54, 1.807) is 23.8 Å². The summed E-state index contributed by atoms with van der Waals surface area (Å²) in [6.07, 6.45) is 4.20. The number of hydrogen-bond acceptors (Lipinski definition) is 3. The van der Waals surface area contributed by atoms with Crippen LogP contribution in [-0.4, -0.2) is 23.5 Å². The molecule has 3 aromatic rings. The van der Waals surface area contributed by atoms with Crippen LogP contribution in [0.15, 0.2) is 48.5 Å². The lowest BCUT2D eigenvalue weighted by Gasteiger charge is -2.12. The summed E-state index contributed by atoms with van der Waals surface area (Å²) >= 11 is 0. The number of aryl methyl sites for hydroxylation is 1. The zero-order chi connectivity index (χ0) is 19.7. The summed E-state index contributed by atoms with van der Waals surface area (Å²) in [5.41, 5.74) is 2.94. The first-order valence-corrected chi connectivity index (χ1v) is 9.69. The van der Waals surface area contributed by atoms with E-state index in [4.69, 9.17) is 4.74 Å². The molecule has 1 aromatic heterocycles. The average Bonchev–Trinajstić information content (AvgIpc) is 3.34. The Morgan fingerprint density at radius 1 is 1.07 bits per heavy atom. The molecule has 1 amide bonds. The standard InChI is InChI=1S/C23H24N2O3/c1-15-13-17-14-18(24-22(26)16-7-3-4-8-16)11-12-20(17)25(15)23(27)19-9-5-6-10-21(19)28-2/h5-6,9-14,16H,3-4,7-8H2,1-2H3,(H,24,26). The Kier molecular flexibility index (Phi) is 4.90. The van der Waals surface area contributed by atoms with Gasteiger partial charge in [-0.1, -0.05) is 25.0 Å². The number of methoxy groups -OCH3 is 1. The molecule has 1 aliphatic rings. The smallest absolute Gasteiger partial charge is 0.266 e. The first kappa shape index (κ1) is 18.3. The number of hydrogen-bond donors (Lipinski definition) is 1. The molecule has 0 saturated heterocycles. The van der Waals surface area contributed by atoms with Crippen molar-refractivity contribution in [1.82, 2.24) is 4.57 Å². The van der Waals surface area contributed by atoms with Gasteiger partial charge < -0.3 is 10.1 Å². The molecule has 1 saturated carbocycles. The number of anilines is 1. The van der Waals surface area contributed by atoms with E-state index in [1.165, 1.54) is 0 Å². The molecule has 0 atom stereocenters. The van der Waals surface area contributed by atoms with E-state index in [2.05, 4.69) is 5.32 Å². The number of rotatable bonds is 4. The number of para-hydroxylation sites is 1. The van der Waals surface area contributed by atoms with Gasteiger partial charge in [-0.15, -0.1) is 0 Å². The van der Waals surface area contributed by atoms with Crippen LogP contribution in [0.25, 0.3) is 10.9 Å². The van der Waals surface area contributed by atoms with Crippen molar-refractivity contribution in [1.29, 1.82) is 0 Å². The highest BCUT2D eigenvalue weighted by Crippen LogP contribution is 2.29. The minimum atomic E-state index is -0.132. The molecule has 0 bridgehead atoms. The molecule has 5 heteroatoms. The molecule has 28 heavy (non-hydrogen) atoms. The van der Waals surface area contributed by atoms with Gasteiger partial charge in [0.25, 0.3) is 5.91 Å². The van der Waals surface area contributed by atoms with E-state index in [1.807, 2.05) is 43.3 Å². The summed E-state index contributed by atoms with van der Waals surface area (Å²) in [7, 11) is 1.56. The highest BCUT2D eigenvalue weighted by molar-refractivity contribution is 6.05. The number of fused-ring (bicyclic) bond motifs is 1. The molecule has 144 valence electrons. The van der Waals surface area contributed by atoms with Gasteiger partial charge in [-0.05, 0) is 56.2 Å². The SMILES string of the molecule is COc1ccccc1C(=O)n1c(C)cc2cc(NC(=O)C3CCCC3)ccc21. The van der Waals surface area contributed by atoms with Gasteiger partial charge in [-0.3, -0.25) is 14.2 Å². The molecular formula is C23H24N2O3. The summed E-state index contributed by atoms with van der Waals surface area (Å²) in [5, 5.41) is 3.95. The molecule has 1 aliphatic carbocycles. The van der Waals surface area contributed by atoms with Crippen LogP contribution < -0.4 is 10.1 Å². The summed E-state index contributed by atoms with van der Waals surface area (Å²) in [4.78, 5) is 25.6. The lowest BCUT2D eigenvalue weighted by Crippen LogP contribution is -2.20. The molecule has 0 radical (unpaired) electrons. The second-order valence-electron chi connectivity index (χ2n) is 7.37. The quantitative estimate of drug-likeness (QED) is 0.713. The van der Waals surface area contributed by atoms with Crippen LogP contribution in [0.5, 0.6) is 5.75 Å². The topological polar surface area (TPSA) is 60.3 Å². The fraction of sp³-hybridized carbons (Fsp3) is 0.304. The van der Waals surface area contributed by atoms with Gasteiger partial charge in [-0.25, -0.2) is 0 Å². The van der Waals surface area contributed by atoms with Crippen LogP contribution >= 0.6 is 0 Å². The first-order valence-electron chi connectivity index (χ1n) is 9.69. The fourth-order valence-electron chi connectivity index (χ4n) is 4.07. The summed E-state index contributed by atoms with van der Waals surface area (Å²) < 4.78 is 7.04. The third-order valence-electron chi connectivity index (χ3n) is 5.52. The zero-order valence-electron chi connectivity index (χ0n) is 16.2. The van der Waals surface area contributed by atoms with Crippen molar-refractivity contribution in [3.8, 4) is 5.75 Å². The minimum Gasteiger partial charge on any atom is -0.496 e. The number of amides is 1. The van der Waals surface area contributed by atoms with Crippen molar-refractivity contribution in [3.63, 3.8) is 0 Å². The molecule has 2 aromatic carbocycles. The predicted molar refractivity (Wildman–Crippen MR) is 110 cm³/mol. The molecule has 5 nitrogen and oxygen atoms in total. The number of carbonyl (C=O) groups is 2. The van der Waals surface area contributed by atoms with Crippen molar-refractivity contribution in [2.24, 2.45) is 5.92 Å². The molecular weight excluding hydrogens is 352 g/mol. The Labute approximate surface area is 164 Å². The van der Waals surface area contributed by atoms with Gasteiger partial charge in [0.15, 0.2) is 0 Å². The maximum absolute atomic E-state index is 13.2. The molecule has 0 spiro atoms. The third kappa shape index (κ3) is 3.28. The first-order chi connectivity index (χ1) is 13.6. The number of benzene rings is 2. The van der Waals surface area contributed by atoms with Crippen LogP contribution in [-0.2, 0) is 4.79 Å². The molecule has 1 fully saturated rings. The van der Waals surface area contributed by atoms with Crippen LogP contribution in [0.3, 0.4) is 0 Å². The van der Waals surface area contributed by atoms with Crippen molar-refractivity contribution >= 4 is 28.4 Å². The predicted octanol–water partition coefficient (Wildman–Crippen LogP) is 4.78. The molecule has 0 aliphatic heterocycles. The van der Waals surface area contributed by atoms with Crippen LogP contribution in [0, 0.1) is 12.8 Å². The monoisotopic (exact) mass is 376 g/mol. The number of nitrogens with one attached hydrogen (secondary N) is 1. The Bertz CT molecular complexity index is 1050. The minimum absolute atomic E-state index is 0.0955. The van der Waals surface area contributed by atoms with E-state index in [0.29, 0.717) is 11.3 Å². The number of ether oxygens (including phenoxy) is 1.